The Morgan fingerprint density at radius 1 is 1.67 bits per heavy atom. The summed E-state index contributed by atoms with van der Waals surface area (Å²) in [6.45, 7) is 2.17. The van der Waals surface area contributed by atoms with Gasteiger partial charge in [0.05, 0.1) is 6.26 Å². The molecule has 1 aromatic heterocycles. The van der Waals surface area contributed by atoms with Gasteiger partial charge in [-0.15, -0.1) is 0 Å². The topological polar surface area (TPSA) is 13.1 Å². The quantitative estimate of drug-likeness (QED) is 0.601. The molecular formula is C8H11O. The maximum absolute atomic E-state index is 5.08. The van der Waals surface area contributed by atoms with Crippen LogP contribution in [0.5, 0.6) is 0 Å². The minimum absolute atomic E-state index is 1.05. The van der Waals surface area contributed by atoms with Crippen LogP contribution < -0.4 is 0 Å². The highest BCUT2D eigenvalue weighted by molar-refractivity contribution is 4.95. The summed E-state index contributed by atoms with van der Waals surface area (Å²) in [7, 11) is 0. The molecule has 49 valence electrons. The highest BCUT2D eigenvalue weighted by Gasteiger charge is 1.91. The molecule has 1 aromatic rings. The Bertz CT molecular complexity index is 142. The van der Waals surface area contributed by atoms with Crippen LogP contribution in [0.2, 0.25) is 0 Å². The van der Waals surface area contributed by atoms with Crippen molar-refractivity contribution < 1.29 is 4.42 Å². The fourth-order valence-electron chi connectivity index (χ4n) is 0.753. The molecule has 0 aliphatic rings. The van der Waals surface area contributed by atoms with Crippen LogP contribution in [0, 0.1) is 6.07 Å². The molecule has 1 radical (unpaired) electrons. The van der Waals surface area contributed by atoms with Crippen molar-refractivity contribution in [3.63, 3.8) is 0 Å². The predicted octanol–water partition coefficient (Wildman–Crippen LogP) is 2.42. The molecule has 0 aliphatic heterocycles. The fourth-order valence-corrected chi connectivity index (χ4v) is 0.753. The molecule has 1 rings (SSSR count). The second-order valence-corrected chi connectivity index (χ2v) is 2.12. The number of unbranched alkanes of at least 4 members (excludes halogenated alkanes) is 1. The van der Waals surface area contributed by atoms with E-state index in [1.807, 2.05) is 6.07 Å². The molecule has 0 fully saturated rings. The summed E-state index contributed by atoms with van der Waals surface area (Å²) in [5.41, 5.74) is 0. The van der Waals surface area contributed by atoms with Gasteiger partial charge in [0.15, 0.2) is 0 Å². The van der Waals surface area contributed by atoms with Gasteiger partial charge >= 0.3 is 0 Å². The Kier molecular flexibility index (Phi) is 2.37. The second kappa shape index (κ2) is 3.33. The molecule has 1 nitrogen and oxygen atoms in total. The van der Waals surface area contributed by atoms with Gasteiger partial charge in [0.1, 0.15) is 5.76 Å². The first kappa shape index (κ1) is 6.40. The minimum atomic E-state index is 1.05. The molecule has 0 saturated heterocycles. The standard InChI is InChI=1S/C8H11O/c1-2-3-5-8-6-4-7-9-8/h6-7H,2-3,5H2,1H3. The van der Waals surface area contributed by atoms with E-state index in [-0.39, 0.29) is 0 Å². The van der Waals surface area contributed by atoms with Crippen LogP contribution in [0.3, 0.4) is 0 Å². The largest absolute Gasteiger partial charge is 0.469 e. The summed E-state index contributed by atoms with van der Waals surface area (Å²) < 4.78 is 5.08. The number of hydrogen-bond acceptors (Lipinski definition) is 1. The smallest absolute Gasteiger partial charge is 0.104 e. The third-order valence-electron chi connectivity index (χ3n) is 1.30. The van der Waals surface area contributed by atoms with Crippen LogP contribution in [0.15, 0.2) is 16.7 Å². The summed E-state index contributed by atoms with van der Waals surface area (Å²) in [5.74, 6) is 1.05. The number of furan rings is 1. The van der Waals surface area contributed by atoms with Crippen molar-refractivity contribution in [1.29, 1.82) is 0 Å². The fraction of sp³-hybridized carbons (Fsp3) is 0.500. The van der Waals surface area contributed by atoms with Crippen molar-refractivity contribution >= 4 is 0 Å². The van der Waals surface area contributed by atoms with E-state index in [1.54, 1.807) is 6.26 Å². The van der Waals surface area contributed by atoms with E-state index in [0.717, 1.165) is 12.2 Å². The van der Waals surface area contributed by atoms with Crippen LogP contribution >= 0.6 is 0 Å². The highest BCUT2D eigenvalue weighted by atomic mass is 16.3. The molecular weight excluding hydrogens is 112 g/mol. The Labute approximate surface area is 55.7 Å². The van der Waals surface area contributed by atoms with Crippen molar-refractivity contribution in [2.24, 2.45) is 0 Å². The lowest BCUT2D eigenvalue weighted by atomic mass is 10.2. The Hall–Kier alpha value is -0.720. The average Bonchev–Trinajstić information content (AvgIpc) is 2.34. The van der Waals surface area contributed by atoms with Gasteiger partial charge < -0.3 is 4.42 Å². The van der Waals surface area contributed by atoms with E-state index in [9.17, 15) is 0 Å². The monoisotopic (exact) mass is 123 g/mol. The summed E-state index contributed by atoms with van der Waals surface area (Å²) >= 11 is 0. The molecule has 1 heteroatoms. The van der Waals surface area contributed by atoms with Crippen LogP contribution in [-0.4, -0.2) is 0 Å². The summed E-state index contributed by atoms with van der Waals surface area (Å²) in [6, 6.07) is 4.77. The summed E-state index contributed by atoms with van der Waals surface area (Å²) in [5, 5.41) is 0. The maximum atomic E-state index is 5.08. The van der Waals surface area contributed by atoms with Gasteiger partial charge in [-0.3, -0.25) is 0 Å². The molecule has 0 atom stereocenters. The summed E-state index contributed by atoms with van der Waals surface area (Å²) in [6.07, 6.45) is 5.09. The first-order valence-electron chi connectivity index (χ1n) is 3.37. The van der Waals surface area contributed by atoms with E-state index in [1.165, 1.54) is 12.8 Å². The zero-order valence-electron chi connectivity index (χ0n) is 5.68. The van der Waals surface area contributed by atoms with E-state index in [4.69, 9.17) is 4.42 Å². The number of hydrogen-bond donors (Lipinski definition) is 0. The van der Waals surface area contributed by atoms with E-state index < -0.39 is 0 Å². The van der Waals surface area contributed by atoms with Gasteiger partial charge in [-0.1, -0.05) is 13.3 Å². The predicted molar refractivity (Wildman–Crippen MR) is 36.2 cm³/mol. The van der Waals surface area contributed by atoms with Gasteiger partial charge in [-0.05, 0) is 12.5 Å². The third-order valence-corrected chi connectivity index (χ3v) is 1.30. The van der Waals surface area contributed by atoms with Crippen LogP contribution in [-0.2, 0) is 6.42 Å². The molecule has 0 aromatic carbocycles. The van der Waals surface area contributed by atoms with Crippen molar-refractivity contribution in [3.8, 4) is 0 Å². The minimum Gasteiger partial charge on any atom is -0.469 e. The first-order valence-corrected chi connectivity index (χ1v) is 3.37. The molecule has 0 N–H and O–H groups in total. The van der Waals surface area contributed by atoms with Gasteiger partial charge in [0.25, 0.3) is 0 Å². The lowest BCUT2D eigenvalue weighted by molar-refractivity contribution is 0.500. The maximum Gasteiger partial charge on any atom is 0.104 e. The zero-order chi connectivity index (χ0) is 6.53. The molecule has 0 saturated carbocycles. The molecule has 0 unspecified atom stereocenters. The summed E-state index contributed by atoms with van der Waals surface area (Å²) in [4.78, 5) is 0. The third kappa shape index (κ3) is 1.92. The second-order valence-electron chi connectivity index (χ2n) is 2.12. The van der Waals surface area contributed by atoms with Gasteiger partial charge in [0.2, 0.25) is 0 Å². The van der Waals surface area contributed by atoms with Crippen LogP contribution in [0.4, 0.5) is 0 Å². The first-order chi connectivity index (χ1) is 4.43. The Morgan fingerprint density at radius 2 is 2.56 bits per heavy atom. The zero-order valence-corrected chi connectivity index (χ0v) is 5.68. The normalized spacial score (nSPS) is 9.89. The van der Waals surface area contributed by atoms with E-state index >= 15 is 0 Å². The highest BCUT2D eigenvalue weighted by Crippen LogP contribution is 2.03. The lowest BCUT2D eigenvalue weighted by Gasteiger charge is -1.90. The van der Waals surface area contributed by atoms with Gasteiger partial charge in [-0.25, -0.2) is 0 Å². The molecule has 1 heterocycles. The average molecular weight is 123 g/mol. The van der Waals surface area contributed by atoms with Crippen LogP contribution in [0.1, 0.15) is 25.5 Å². The van der Waals surface area contributed by atoms with Crippen molar-refractivity contribution in [2.75, 3.05) is 0 Å². The molecule has 0 aliphatic carbocycles. The Morgan fingerprint density at radius 3 is 3.11 bits per heavy atom. The molecule has 0 amide bonds. The van der Waals surface area contributed by atoms with E-state index in [2.05, 4.69) is 13.0 Å². The SMILES string of the molecule is CCCCc1c[c]co1. The molecule has 0 bridgehead atoms. The molecule has 0 spiro atoms. The van der Waals surface area contributed by atoms with Crippen LogP contribution in [0.25, 0.3) is 0 Å². The number of rotatable bonds is 3. The lowest BCUT2D eigenvalue weighted by Crippen LogP contribution is -1.77. The van der Waals surface area contributed by atoms with E-state index in [0.29, 0.717) is 0 Å². The van der Waals surface area contributed by atoms with Gasteiger partial charge in [0, 0.05) is 12.5 Å². The Balaban J connectivity index is 2.30. The van der Waals surface area contributed by atoms with Crippen molar-refractivity contribution in [2.45, 2.75) is 26.2 Å². The van der Waals surface area contributed by atoms with Gasteiger partial charge in [-0.2, -0.15) is 0 Å². The number of aryl methyl sites for hydroxylation is 1. The van der Waals surface area contributed by atoms with Crippen molar-refractivity contribution in [1.82, 2.24) is 0 Å². The molecule has 9 heavy (non-hydrogen) atoms. The van der Waals surface area contributed by atoms with Crippen molar-refractivity contribution in [3.05, 3.63) is 24.2 Å².